The highest BCUT2D eigenvalue weighted by Gasteiger charge is 2.13. The molecule has 2 aromatic rings. The number of hydrogen-bond acceptors (Lipinski definition) is 2. The first-order valence-corrected chi connectivity index (χ1v) is 8.08. The van der Waals surface area contributed by atoms with Gasteiger partial charge in [0.1, 0.15) is 11.9 Å². The van der Waals surface area contributed by atoms with E-state index in [2.05, 4.69) is 10.3 Å². The number of nitrogens with zero attached hydrogens (tertiary/aromatic N) is 1. The molecule has 0 fully saturated rings. The van der Waals surface area contributed by atoms with Crippen molar-refractivity contribution in [2.75, 3.05) is 6.54 Å². The SMILES string of the molecule is CC(NC(N)=NCC(O)c1ccccc1F)c1ccc(Cl)cc1Cl. The Bertz CT molecular complexity index is 740. The van der Waals surface area contributed by atoms with Crippen molar-refractivity contribution in [1.82, 2.24) is 5.32 Å². The summed E-state index contributed by atoms with van der Waals surface area (Å²) in [5.41, 5.74) is 6.82. The number of aliphatic imine (C=N–C) groups is 1. The number of rotatable bonds is 5. The van der Waals surface area contributed by atoms with Gasteiger partial charge in [-0.05, 0) is 30.7 Å². The number of aliphatic hydroxyl groups excluding tert-OH is 1. The minimum atomic E-state index is -1.07. The minimum absolute atomic E-state index is 0.0547. The molecule has 0 spiro atoms. The van der Waals surface area contributed by atoms with Crippen LogP contribution in [0.3, 0.4) is 0 Å². The van der Waals surface area contributed by atoms with Crippen LogP contribution in [-0.4, -0.2) is 17.6 Å². The van der Waals surface area contributed by atoms with Crippen molar-refractivity contribution < 1.29 is 9.50 Å². The number of benzene rings is 2. The minimum Gasteiger partial charge on any atom is -0.386 e. The fourth-order valence-electron chi connectivity index (χ4n) is 2.23. The number of hydrogen-bond donors (Lipinski definition) is 3. The summed E-state index contributed by atoms with van der Waals surface area (Å²) in [4.78, 5) is 4.05. The lowest BCUT2D eigenvalue weighted by Gasteiger charge is -2.17. The molecule has 24 heavy (non-hydrogen) atoms. The molecule has 4 N–H and O–H groups in total. The second-order valence-electron chi connectivity index (χ2n) is 5.30. The molecule has 0 heterocycles. The smallest absolute Gasteiger partial charge is 0.189 e. The number of aliphatic hydroxyl groups is 1. The first-order chi connectivity index (χ1) is 11.4. The average Bonchev–Trinajstić information content (AvgIpc) is 2.52. The average molecular weight is 370 g/mol. The normalized spacial score (nSPS) is 14.3. The summed E-state index contributed by atoms with van der Waals surface area (Å²) in [7, 11) is 0. The van der Waals surface area contributed by atoms with Crippen LogP contribution >= 0.6 is 23.2 Å². The zero-order chi connectivity index (χ0) is 17.7. The Morgan fingerprint density at radius 3 is 2.62 bits per heavy atom. The summed E-state index contributed by atoms with van der Waals surface area (Å²) in [6, 6.07) is 11.0. The fourth-order valence-corrected chi connectivity index (χ4v) is 2.80. The molecule has 0 aliphatic carbocycles. The zero-order valence-corrected chi connectivity index (χ0v) is 14.5. The van der Waals surface area contributed by atoms with Crippen LogP contribution in [0, 0.1) is 5.82 Å². The van der Waals surface area contributed by atoms with Gasteiger partial charge in [-0.15, -0.1) is 0 Å². The van der Waals surface area contributed by atoms with Crippen LogP contribution in [0.15, 0.2) is 47.5 Å². The highest BCUT2D eigenvalue weighted by Crippen LogP contribution is 2.26. The fraction of sp³-hybridized carbons (Fsp3) is 0.235. The lowest BCUT2D eigenvalue weighted by Crippen LogP contribution is -2.34. The third-order valence-corrected chi connectivity index (χ3v) is 4.05. The van der Waals surface area contributed by atoms with Gasteiger partial charge in [0.2, 0.25) is 0 Å². The van der Waals surface area contributed by atoms with Crippen molar-refractivity contribution in [1.29, 1.82) is 0 Å². The highest BCUT2D eigenvalue weighted by molar-refractivity contribution is 6.35. The van der Waals surface area contributed by atoms with Crippen LogP contribution < -0.4 is 11.1 Å². The van der Waals surface area contributed by atoms with Crippen molar-refractivity contribution in [3.05, 3.63) is 69.5 Å². The monoisotopic (exact) mass is 369 g/mol. The predicted molar refractivity (Wildman–Crippen MR) is 95.9 cm³/mol. The first kappa shape index (κ1) is 18.5. The molecule has 4 nitrogen and oxygen atoms in total. The van der Waals surface area contributed by atoms with E-state index in [-0.39, 0.29) is 24.1 Å². The van der Waals surface area contributed by atoms with Crippen LogP contribution in [0.1, 0.15) is 30.2 Å². The Balaban J connectivity index is 1.99. The summed E-state index contributed by atoms with van der Waals surface area (Å²) >= 11 is 12.0. The number of guanidine groups is 1. The van der Waals surface area contributed by atoms with Crippen LogP contribution in [0.5, 0.6) is 0 Å². The van der Waals surface area contributed by atoms with Crippen molar-refractivity contribution in [2.45, 2.75) is 19.1 Å². The third kappa shape index (κ3) is 4.84. The molecular formula is C17H18Cl2FN3O. The summed E-state index contributed by atoms with van der Waals surface area (Å²) in [6.45, 7) is 1.81. The van der Waals surface area contributed by atoms with E-state index >= 15 is 0 Å². The number of nitrogens with two attached hydrogens (primary N) is 1. The van der Waals surface area contributed by atoms with Crippen LogP contribution in [-0.2, 0) is 0 Å². The molecule has 0 saturated heterocycles. The lowest BCUT2D eigenvalue weighted by atomic mass is 10.1. The van der Waals surface area contributed by atoms with Crippen molar-refractivity contribution in [2.24, 2.45) is 10.7 Å². The van der Waals surface area contributed by atoms with Gasteiger partial charge in [0.05, 0.1) is 12.6 Å². The van der Waals surface area contributed by atoms with Gasteiger partial charge in [0, 0.05) is 15.6 Å². The van der Waals surface area contributed by atoms with E-state index in [0.717, 1.165) is 5.56 Å². The summed E-state index contributed by atoms with van der Waals surface area (Å²) in [6.07, 6.45) is -1.07. The maximum Gasteiger partial charge on any atom is 0.189 e. The molecule has 0 amide bonds. The Hall–Kier alpha value is -1.82. The van der Waals surface area contributed by atoms with Gasteiger partial charge in [0.15, 0.2) is 5.96 Å². The molecule has 0 bridgehead atoms. The Morgan fingerprint density at radius 2 is 1.96 bits per heavy atom. The van der Waals surface area contributed by atoms with Gasteiger partial charge in [-0.2, -0.15) is 0 Å². The van der Waals surface area contributed by atoms with Crippen LogP contribution in [0.25, 0.3) is 0 Å². The van der Waals surface area contributed by atoms with Gasteiger partial charge >= 0.3 is 0 Å². The molecule has 2 aromatic carbocycles. The molecule has 128 valence electrons. The predicted octanol–water partition coefficient (Wildman–Crippen LogP) is 3.83. The molecule has 0 aliphatic heterocycles. The topological polar surface area (TPSA) is 70.6 Å². The molecular weight excluding hydrogens is 352 g/mol. The molecule has 7 heteroatoms. The van der Waals surface area contributed by atoms with E-state index in [1.165, 1.54) is 12.1 Å². The third-order valence-electron chi connectivity index (χ3n) is 3.49. The maximum absolute atomic E-state index is 13.6. The van der Waals surface area contributed by atoms with Crippen molar-refractivity contribution >= 4 is 29.2 Å². The highest BCUT2D eigenvalue weighted by atomic mass is 35.5. The van der Waals surface area contributed by atoms with Gasteiger partial charge in [0.25, 0.3) is 0 Å². The second kappa shape index (κ2) is 8.33. The molecule has 0 saturated carbocycles. The van der Waals surface area contributed by atoms with E-state index in [4.69, 9.17) is 28.9 Å². The van der Waals surface area contributed by atoms with E-state index in [9.17, 15) is 9.50 Å². The Labute approximate surface area is 150 Å². The lowest BCUT2D eigenvalue weighted by molar-refractivity contribution is 0.182. The Kier molecular flexibility index (Phi) is 6.43. The molecule has 0 radical (unpaired) electrons. The van der Waals surface area contributed by atoms with E-state index in [1.54, 1.807) is 30.3 Å². The standard InChI is InChI=1S/C17H18Cl2FN3O/c1-10(12-7-6-11(18)8-14(12)19)23-17(21)22-9-16(24)13-4-2-3-5-15(13)20/h2-8,10,16,24H,9H2,1H3,(H3,21,22,23). The van der Waals surface area contributed by atoms with Gasteiger partial charge in [-0.3, -0.25) is 4.99 Å². The molecule has 2 rings (SSSR count). The largest absolute Gasteiger partial charge is 0.386 e. The van der Waals surface area contributed by atoms with Gasteiger partial charge in [-0.1, -0.05) is 47.5 Å². The molecule has 0 aliphatic rings. The molecule has 2 unspecified atom stereocenters. The number of halogens is 3. The first-order valence-electron chi connectivity index (χ1n) is 7.32. The quantitative estimate of drug-likeness (QED) is 0.553. The van der Waals surface area contributed by atoms with E-state index in [0.29, 0.717) is 10.0 Å². The van der Waals surface area contributed by atoms with Crippen molar-refractivity contribution in [3.63, 3.8) is 0 Å². The van der Waals surface area contributed by atoms with E-state index in [1.807, 2.05) is 6.92 Å². The summed E-state index contributed by atoms with van der Waals surface area (Å²) in [5, 5.41) is 14.0. The molecule has 2 atom stereocenters. The molecule has 0 aromatic heterocycles. The van der Waals surface area contributed by atoms with Crippen LogP contribution in [0.4, 0.5) is 4.39 Å². The summed E-state index contributed by atoms with van der Waals surface area (Å²) in [5.74, 6) is -0.350. The van der Waals surface area contributed by atoms with Gasteiger partial charge in [-0.25, -0.2) is 4.39 Å². The van der Waals surface area contributed by atoms with E-state index < -0.39 is 11.9 Å². The zero-order valence-electron chi connectivity index (χ0n) is 13.0. The second-order valence-corrected chi connectivity index (χ2v) is 6.14. The van der Waals surface area contributed by atoms with Crippen LogP contribution in [0.2, 0.25) is 10.0 Å². The van der Waals surface area contributed by atoms with Gasteiger partial charge < -0.3 is 16.2 Å². The Morgan fingerprint density at radius 1 is 1.25 bits per heavy atom. The maximum atomic E-state index is 13.6. The number of nitrogens with one attached hydrogen (secondary N) is 1. The summed E-state index contributed by atoms with van der Waals surface area (Å²) < 4.78 is 13.6. The van der Waals surface area contributed by atoms with Crippen molar-refractivity contribution in [3.8, 4) is 0 Å².